The van der Waals surface area contributed by atoms with E-state index >= 15 is 0 Å². The van der Waals surface area contributed by atoms with Gasteiger partial charge in [-0.3, -0.25) is 4.74 Å². The van der Waals surface area contributed by atoms with Gasteiger partial charge in [0.1, 0.15) is 0 Å². The fourth-order valence-electron chi connectivity index (χ4n) is 4.68. The third-order valence-electron chi connectivity index (χ3n) is 7.11. The quantitative estimate of drug-likeness (QED) is 0.167. The SMILES string of the molecule is CCC(C)(C)P(=NC1=CC=CC1)(C(C)(C)CC)C(C)(C)CC.CCC=CC=CCC.[Ti]. The average molecular weight is 482 g/mol. The number of hydrogen-bond acceptors (Lipinski definition) is 1. The van der Waals surface area contributed by atoms with Gasteiger partial charge in [0.05, 0.1) is 0 Å². The molecule has 0 bridgehead atoms. The smallest absolute Gasteiger partial charge is 0.0425 e. The number of rotatable bonds is 10. The summed E-state index contributed by atoms with van der Waals surface area (Å²) in [7, 11) is -1.64. The Labute approximate surface area is 211 Å². The van der Waals surface area contributed by atoms with Gasteiger partial charge in [0, 0.05) is 49.3 Å². The topological polar surface area (TPSA) is 12.4 Å². The Morgan fingerprint density at radius 3 is 1.42 bits per heavy atom. The molecule has 1 rings (SSSR count). The molecule has 0 aromatic rings. The van der Waals surface area contributed by atoms with E-state index in [1.54, 1.807) is 0 Å². The van der Waals surface area contributed by atoms with Crippen LogP contribution in [0.3, 0.4) is 0 Å². The molecule has 1 aliphatic rings. The van der Waals surface area contributed by atoms with Crippen molar-refractivity contribution in [3.63, 3.8) is 0 Å². The van der Waals surface area contributed by atoms with E-state index in [2.05, 4.69) is 119 Å². The minimum atomic E-state index is -1.64. The third-order valence-corrected chi connectivity index (χ3v) is 13.9. The molecule has 0 saturated heterocycles. The van der Waals surface area contributed by atoms with Crippen molar-refractivity contribution in [2.45, 2.75) is 130 Å². The van der Waals surface area contributed by atoms with E-state index in [1.807, 2.05) is 0 Å². The van der Waals surface area contributed by atoms with Crippen molar-refractivity contribution in [3.8, 4) is 0 Å². The summed E-state index contributed by atoms with van der Waals surface area (Å²) in [5, 5.41) is 0.778. The van der Waals surface area contributed by atoms with Crippen molar-refractivity contribution >= 4 is 7.05 Å². The molecule has 3 heteroatoms. The molecule has 0 saturated carbocycles. The number of nitrogens with zero attached hydrogens (tertiary/aromatic N) is 1. The zero-order chi connectivity index (χ0) is 23.5. The molecule has 1 aliphatic carbocycles. The summed E-state index contributed by atoms with van der Waals surface area (Å²) in [6.45, 7) is 26.2. The van der Waals surface area contributed by atoms with E-state index in [1.165, 1.54) is 25.0 Å². The van der Waals surface area contributed by atoms with E-state index in [-0.39, 0.29) is 37.2 Å². The van der Waals surface area contributed by atoms with Gasteiger partial charge in [0.25, 0.3) is 0 Å². The van der Waals surface area contributed by atoms with Gasteiger partial charge in [-0.25, -0.2) is 0 Å². The molecule has 0 aliphatic heterocycles. The van der Waals surface area contributed by atoms with Crippen LogP contribution in [-0.2, 0) is 21.7 Å². The van der Waals surface area contributed by atoms with Crippen LogP contribution < -0.4 is 0 Å². The third kappa shape index (κ3) is 8.32. The van der Waals surface area contributed by atoms with Gasteiger partial charge >= 0.3 is 0 Å². The van der Waals surface area contributed by atoms with Crippen molar-refractivity contribution < 1.29 is 21.7 Å². The Balaban J connectivity index is 0. The van der Waals surface area contributed by atoms with Crippen molar-refractivity contribution in [3.05, 3.63) is 48.2 Å². The maximum Gasteiger partial charge on any atom is 0.0425 e. The van der Waals surface area contributed by atoms with Gasteiger partial charge in [-0.15, -0.1) is 0 Å². The van der Waals surface area contributed by atoms with Crippen molar-refractivity contribution in [1.82, 2.24) is 0 Å². The van der Waals surface area contributed by atoms with Crippen molar-refractivity contribution in [2.75, 3.05) is 0 Å². The molecule has 0 aromatic carbocycles. The van der Waals surface area contributed by atoms with Gasteiger partial charge in [-0.2, -0.15) is 0 Å². The van der Waals surface area contributed by atoms with E-state index in [0.717, 1.165) is 19.3 Å². The average Bonchev–Trinajstić information content (AvgIpc) is 3.22. The first kappa shape index (κ1) is 33.1. The minimum Gasteiger partial charge on any atom is -0.270 e. The second kappa shape index (κ2) is 14.9. The molecule has 0 amide bonds. The van der Waals surface area contributed by atoms with Crippen LogP contribution in [0.5, 0.6) is 0 Å². The second-order valence-electron chi connectivity index (χ2n) is 10.2. The molecule has 0 N–H and O–H groups in total. The molecular formula is C28H52NPTi. The predicted molar refractivity (Wildman–Crippen MR) is 143 cm³/mol. The van der Waals surface area contributed by atoms with Gasteiger partial charge in [0.2, 0.25) is 0 Å². The maximum absolute atomic E-state index is 5.64. The minimum absolute atomic E-state index is 0. The zero-order valence-electron chi connectivity index (χ0n) is 22.7. The molecule has 0 aromatic heterocycles. The number of allylic oxidation sites excluding steroid dienone is 7. The first-order chi connectivity index (χ1) is 13.9. The van der Waals surface area contributed by atoms with Crippen LogP contribution in [-0.4, -0.2) is 15.5 Å². The summed E-state index contributed by atoms with van der Waals surface area (Å²) >= 11 is 0. The Kier molecular flexibility index (Phi) is 15.9. The van der Waals surface area contributed by atoms with Gasteiger partial charge < -0.3 is 0 Å². The Hall–Kier alpha value is -0.0957. The van der Waals surface area contributed by atoms with Crippen LogP contribution in [0.2, 0.25) is 0 Å². The van der Waals surface area contributed by atoms with Gasteiger partial charge in [-0.05, 0) is 45.2 Å². The van der Waals surface area contributed by atoms with Crippen LogP contribution in [0.1, 0.15) is 115 Å². The molecule has 1 nitrogen and oxygen atoms in total. The maximum atomic E-state index is 5.64. The predicted octanol–water partition coefficient (Wildman–Crippen LogP) is 10.5. The molecule has 0 atom stereocenters. The van der Waals surface area contributed by atoms with E-state index < -0.39 is 7.05 Å². The monoisotopic (exact) mass is 481 g/mol. The molecule has 0 radical (unpaired) electrons. The first-order valence-corrected chi connectivity index (χ1v) is 14.0. The van der Waals surface area contributed by atoms with E-state index in [9.17, 15) is 0 Å². The summed E-state index contributed by atoms with van der Waals surface area (Å²) in [5.41, 5.74) is 1.30. The van der Waals surface area contributed by atoms with E-state index in [4.69, 9.17) is 4.74 Å². The molecule has 0 fully saturated rings. The van der Waals surface area contributed by atoms with Crippen LogP contribution in [0.25, 0.3) is 0 Å². The number of hydrogen-bond donors (Lipinski definition) is 0. The molecule has 0 heterocycles. The summed E-state index contributed by atoms with van der Waals surface area (Å²) in [5.74, 6) is 0. The fourth-order valence-corrected chi connectivity index (χ4v) is 12.3. The van der Waals surface area contributed by atoms with Gasteiger partial charge in [0.15, 0.2) is 0 Å². The van der Waals surface area contributed by atoms with Crippen molar-refractivity contribution in [2.24, 2.45) is 4.74 Å². The molecule has 0 unspecified atom stereocenters. The normalized spacial score (nSPS) is 15.0. The van der Waals surface area contributed by atoms with Gasteiger partial charge in [-0.1, -0.05) is 113 Å². The molecule has 31 heavy (non-hydrogen) atoms. The standard InChI is InChI=1S/C20H38NP.C8H14.Ti/c1-10-18(4,5)22(19(6,7)11-2,20(8,9)12-3)21-17-15-13-14-16-17;1-3-5-7-8-6-4-2;/h13-15H,10-12,16H2,1-9H3;5-8H,3-4H2,1-2H3;. The molecule has 0 spiro atoms. The molecule has 178 valence electrons. The van der Waals surface area contributed by atoms with Crippen LogP contribution in [0.15, 0.2) is 53.0 Å². The summed E-state index contributed by atoms with van der Waals surface area (Å²) in [6, 6.07) is 0. The zero-order valence-corrected chi connectivity index (χ0v) is 25.1. The summed E-state index contributed by atoms with van der Waals surface area (Å²) in [4.78, 5) is 0. The Bertz CT molecular complexity index is 616. The van der Waals surface area contributed by atoms with Crippen LogP contribution >= 0.6 is 7.05 Å². The van der Waals surface area contributed by atoms with Crippen molar-refractivity contribution in [1.29, 1.82) is 0 Å². The van der Waals surface area contributed by atoms with Crippen LogP contribution in [0.4, 0.5) is 0 Å². The van der Waals surface area contributed by atoms with Crippen LogP contribution in [0, 0.1) is 0 Å². The fraction of sp³-hybridized carbons (Fsp3) is 0.714. The Morgan fingerprint density at radius 1 is 0.774 bits per heavy atom. The summed E-state index contributed by atoms with van der Waals surface area (Å²) in [6.07, 6.45) is 22.0. The first-order valence-electron chi connectivity index (χ1n) is 12.2. The largest absolute Gasteiger partial charge is 0.270 e. The van der Waals surface area contributed by atoms with E-state index in [0.29, 0.717) is 0 Å². The second-order valence-corrected chi connectivity index (χ2v) is 15.3. The summed E-state index contributed by atoms with van der Waals surface area (Å²) < 4.78 is 5.64. The molecular weight excluding hydrogens is 429 g/mol. The Morgan fingerprint density at radius 2 is 1.16 bits per heavy atom.